The van der Waals surface area contributed by atoms with Crippen molar-refractivity contribution in [2.75, 3.05) is 13.1 Å². The number of carboxylic acid groups (broad SMARTS) is 1. The van der Waals surface area contributed by atoms with Crippen LogP contribution < -0.4 is 0 Å². The van der Waals surface area contributed by atoms with E-state index in [1.54, 1.807) is 11.8 Å². The minimum absolute atomic E-state index is 0.0575. The monoisotopic (exact) mass is 331 g/mol. The van der Waals surface area contributed by atoms with E-state index in [-0.39, 0.29) is 11.3 Å². The normalized spacial score (nSPS) is 21.6. The van der Waals surface area contributed by atoms with Crippen molar-refractivity contribution < 1.29 is 14.7 Å². The zero-order chi connectivity index (χ0) is 18.0. The Kier molecular flexibility index (Phi) is 5.36. The molecule has 0 saturated carbocycles. The first-order valence-corrected chi connectivity index (χ1v) is 8.72. The summed E-state index contributed by atoms with van der Waals surface area (Å²) in [6, 6.07) is 8.43. The summed E-state index contributed by atoms with van der Waals surface area (Å²) >= 11 is 0. The molecule has 1 heterocycles. The summed E-state index contributed by atoms with van der Waals surface area (Å²) < 4.78 is 0. The van der Waals surface area contributed by atoms with Crippen LogP contribution in [-0.2, 0) is 21.4 Å². The lowest BCUT2D eigenvalue weighted by Crippen LogP contribution is -2.48. The van der Waals surface area contributed by atoms with Gasteiger partial charge in [0, 0.05) is 19.5 Å². The average molecular weight is 331 g/mol. The van der Waals surface area contributed by atoms with Crippen molar-refractivity contribution in [2.45, 2.75) is 58.8 Å². The number of rotatable bonds is 4. The Bertz CT molecular complexity index is 600. The largest absolute Gasteiger partial charge is 0.481 e. The molecule has 24 heavy (non-hydrogen) atoms. The van der Waals surface area contributed by atoms with Crippen LogP contribution in [0.5, 0.6) is 0 Å². The van der Waals surface area contributed by atoms with Crippen molar-refractivity contribution >= 4 is 11.9 Å². The fraction of sp³-hybridized carbons (Fsp3) is 0.600. The standard InChI is InChI=1S/C20H29NO3/c1-19(2,3)16-9-6-15(7-10-16)8-11-17(22)21-13-5-12-20(4,14-21)18(23)24/h6-7,9-10H,5,8,11-14H2,1-4H3,(H,23,24). The number of piperidine rings is 1. The molecule has 4 nitrogen and oxygen atoms in total. The SMILES string of the molecule is CC1(C(=O)O)CCCN(C(=O)CCc2ccc(C(C)(C)C)cc2)C1. The molecular weight excluding hydrogens is 302 g/mol. The molecule has 0 aromatic heterocycles. The van der Waals surface area contributed by atoms with Gasteiger partial charge < -0.3 is 10.0 Å². The van der Waals surface area contributed by atoms with Gasteiger partial charge in [0.25, 0.3) is 0 Å². The van der Waals surface area contributed by atoms with Gasteiger partial charge >= 0.3 is 5.97 Å². The molecule has 1 aliphatic rings. The van der Waals surface area contributed by atoms with Gasteiger partial charge in [0.05, 0.1) is 5.41 Å². The zero-order valence-corrected chi connectivity index (χ0v) is 15.3. The second kappa shape index (κ2) is 6.96. The van der Waals surface area contributed by atoms with Crippen molar-refractivity contribution in [1.29, 1.82) is 0 Å². The second-order valence-electron chi connectivity index (χ2n) is 8.23. The van der Waals surface area contributed by atoms with E-state index in [2.05, 4.69) is 45.0 Å². The highest BCUT2D eigenvalue weighted by atomic mass is 16.4. The molecule has 1 fully saturated rings. The average Bonchev–Trinajstić information content (AvgIpc) is 2.52. The fourth-order valence-electron chi connectivity index (χ4n) is 3.21. The molecule has 0 aliphatic carbocycles. The van der Waals surface area contributed by atoms with Gasteiger partial charge in [0.2, 0.25) is 5.91 Å². The highest BCUT2D eigenvalue weighted by molar-refractivity contribution is 5.79. The van der Waals surface area contributed by atoms with Crippen LogP contribution in [0.3, 0.4) is 0 Å². The molecule has 0 spiro atoms. The van der Waals surface area contributed by atoms with E-state index >= 15 is 0 Å². The van der Waals surface area contributed by atoms with Crippen molar-refractivity contribution in [2.24, 2.45) is 5.41 Å². The van der Waals surface area contributed by atoms with Crippen LogP contribution in [0.25, 0.3) is 0 Å². The molecular formula is C20H29NO3. The Labute approximate surface area is 144 Å². The van der Waals surface area contributed by atoms with Crippen molar-refractivity contribution in [3.63, 3.8) is 0 Å². The summed E-state index contributed by atoms with van der Waals surface area (Å²) in [5, 5.41) is 9.36. The number of amides is 1. The van der Waals surface area contributed by atoms with Gasteiger partial charge in [-0.15, -0.1) is 0 Å². The lowest BCUT2D eigenvalue weighted by Gasteiger charge is -2.37. The minimum atomic E-state index is -0.808. The number of hydrogen-bond donors (Lipinski definition) is 1. The molecule has 1 aliphatic heterocycles. The van der Waals surface area contributed by atoms with Gasteiger partial charge in [-0.3, -0.25) is 9.59 Å². The lowest BCUT2D eigenvalue weighted by atomic mass is 9.82. The van der Waals surface area contributed by atoms with E-state index < -0.39 is 11.4 Å². The Morgan fingerprint density at radius 3 is 2.38 bits per heavy atom. The maximum atomic E-state index is 12.4. The number of hydrogen-bond acceptors (Lipinski definition) is 2. The summed E-state index contributed by atoms with van der Waals surface area (Å²) in [5.74, 6) is -0.750. The number of carbonyl (C=O) groups is 2. The van der Waals surface area contributed by atoms with E-state index in [1.165, 1.54) is 5.56 Å². The number of nitrogens with zero attached hydrogens (tertiary/aromatic N) is 1. The molecule has 132 valence electrons. The van der Waals surface area contributed by atoms with E-state index in [0.29, 0.717) is 32.4 Å². The van der Waals surface area contributed by atoms with Gasteiger partial charge in [-0.05, 0) is 42.7 Å². The van der Waals surface area contributed by atoms with Crippen LogP contribution in [0.2, 0.25) is 0 Å². The quantitative estimate of drug-likeness (QED) is 0.916. The maximum Gasteiger partial charge on any atom is 0.311 e. The van der Waals surface area contributed by atoms with Crippen LogP contribution in [0.4, 0.5) is 0 Å². The third-order valence-electron chi connectivity index (χ3n) is 5.01. The van der Waals surface area contributed by atoms with Crippen molar-refractivity contribution in [3.05, 3.63) is 35.4 Å². The molecule has 1 aromatic carbocycles. The number of aryl methyl sites for hydroxylation is 1. The number of carboxylic acids is 1. The molecule has 4 heteroatoms. The lowest BCUT2D eigenvalue weighted by molar-refractivity contribution is -0.153. The zero-order valence-electron chi connectivity index (χ0n) is 15.3. The first-order valence-electron chi connectivity index (χ1n) is 8.72. The number of aliphatic carboxylic acids is 1. The third kappa shape index (κ3) is 4.37. The molecule has 0 radical (unpaired) electrons. The van der Waals surface area contributed by atoms with E-state index in [4.69, 9.17) is 0 Å². The first-order chi connectivity index (χ1) is 11.1. The minimum Gasteiger partial charge on any atom is -0.481 e. The van der Waals surface area contributed by atoms with Gasteiger partial charge in [-0.2, -0.15) is 0 Å². The van der Waals surface area contributed by atoms with Crippen molar-refractivity contribution in [3.8, 4) is 0 Å². The van der Waals surface area contributed by atoms with Gasteiger partial charge in [-0.1, -0.05) is 45.0 Å². The molecule has 1 amide bonds. The highest BCUT2D eigenvalue weighted by Gasteiger charge is 2.39. The third-order valence-corrected chi connectivity index (χ3v) is 5.01. The number of benzene rings is 1. The van der Waals surface area contributed by atoms with Crippen LogP contribution in [0.1, 0.15) is 58.1 Å². The summed E-state index contributed by atoms with van der Waals surface area (Å²) in [6.45, 7) is 9.28. The molecule has 1 saturated heterocycles. The van der Waals surface area contributed by atoms with E-state index in [9.17, 15) is 14.7 Å². The van der Waals surface area contributed by atoms with Crippen LogP contribution in [0.15, 0.2) is 24.3 Å². The number of carbonyl (C=O) groups excluding carboxylic acids is 1. The topological polar surface area (TPSA) is 57.6 Å². The van der Waals surface area contributed by atoms with Crippen LogP contribution >= 0.6 is 0 Å². The Morgan fingerprint density at radius 2 is 1.83 bits per heavy atom. The fourth-order valence-corrected chi connectivity index (χ4v) is 3.21. The smallest absolute Gasteiger partial charge is 0.311 e. The molecule has 1 unspecified atom stereocenters. The highest BCUT2D eigenvalue weighted by Crippen LogP contribution is 2.30. The predicted molar refractivity (Wildman–Crippen MR) is 95.0 cm³/mol. The first kappa shape index (κ1) is 18.5. The van der Waals surface area contributed by atoms with Crippen LogP contribution in [-0.4, -0.2) is 35.0 Å². The van der Waals surface area contributed by atoms with E-state index in [1.807, 2.05) is 0 Å². The van der Waals surface area contributed by atoms with E-state index in [0.717, 1.165) is 12.0 Å². The number of likely N-dealkylation sites (tertiary alicyclic amines) is 1. The Morgan fingerprint density at radius 1 is 1.21 bits per heavy atom. The molecule has 1 atom stereocenters. The Balaban J connectivity index is 1.92. The predicted octanol–water partition coefficient (Wildman–Crippen LogP) is 3.63. The maximum absolute atomic E-state index is 12.4. The molecule has 2 rings (SSSR count). The molecule has 0 bridgehead atoms. The summed E-state index contributed by atoms with van der Waals surface area (Å²) in [7, 11) is 0. The Hall–Kier alpha value is -1.84. The second-order valence-corrected chi connectivity index (χ2v) is 8.23. The van der Waals surface area contributed by atoms with Gasteiger partial charge in [0.1, 0.15) is 0 Å². The summed E-state index contributed by atoms with van der Waals surface area (Å²) in [5.41, 5.74) is 1.76. The van der Waals surface area contributed by atoms with Crippen LogP contribution in [0, 0.1) is 5.41 Å². The summed E-state index contributed by atoms with van der Waals surface area (Å²) in [4.78, 5) is 25.6. The molecule has 1 aromatic rings. The van der Waals surface area contributed by atoms with Gasteiger partial charge in [0.15, 0.2) is 0 Å². The van der Waals surface area contributed by atoms with Gasteiger partial charge in [-0.25, -0.2) is 0 Å². The summed E-state index contributed by atoms with van der Waals surface area (Å²) in [6.07, 6.45) is 2.53. The van der Waals surface area contributed by atoms with Crippen molar-refractivity contribution in [1.82, 2.24) is 4.90 Å². The molecule has 1 N–H and O–H groups in total.